The second-order valence-electron chi connectivity index (χ2n) is 14.3. The van der Waals surface area contributed by atoms with E-state index in [1.165, 1.54) is 12.8 Å². The number of benzene rings is 2. The van der Waals surface area contributed by atoms with Crippen LogP contribution in [0.1, 0.15) is 89.5 Å². The van der Waals surface area contributed by atoms with Crippen molar-refractivity contribution in [2.45, 2.75) is 114 Å². The zero-order chi connectivity index (χ0) is 39.1. The zero-order valence-corrected chi connectivity index (χ0v) is 30.2. The Kier molecular flexibility index (Phi) is 12.2. The third kappa shape index (κ3) is 8.90. The van der Waals surface area contributed by atoms with Gasteiger partial charge in [0.05, 0.1) is 0 Å². The maximum atomic E-state index is 12.0. The third-order valence-electron chi connectivity index (χ3n) is 8.46. The first kappa shape index (κ1) is 42.2. The average molecular weight is 789 g/mol. The summed E-state index contributed by atoms with van der Waals surface area (Å²) >= 11 is 1.03. The standard InChI is InChI=1S/C30H42N2O4.C4F9O.Co/c1-29(2,3)23-15-21(35-7)13-19(27(23)33)17-31-25-11-9-10-12-26(25)32-18-20-14-22(36-8)16-24(28(20)34)30(4,5)6;5-1(2(6,7)8,3(9,10)11)4(12,13)14;/h13-18,25-26,33-34H,9-12H2,1-8H3;;/q;-1;+2. The number of hydrogen-bond acceptors (Lipinski definition) is 5. The van der Waals surface area contributed by atoms with Crippen molar-refractivity contribution >= 4 is 12.4 Å². The fourth-order valence-corrected chi connectivity index (χ4v) is 7.26. The van der Waals surface area contributed by atoms with E-state index in [4.69, 9.17) is 9.47 Å². The van der Waals surface area contributed by atoms with Crippen LogP contribution in [0.4, 0.5) is 39.5 Å². The van der Waals surface area contributed by atoms with Gasteiger partial charge in [0.25, 0.3) is 0 Å². The number of rotatable bonds is 5. The maximum absolute atomic E-state index is 12.0. The van der Waals surface area contributed by atoms with Gasteiger partial charge in [-0.05, 0) is 0 Å². The van der Waals surface area contributed by atoms with Gasteiger partial charge in [-0.15, -0.1) is 0 Å². The SMILES string of the molecule is COc1cc(C=[N+]2[Co][N+](=Cc3cc(OC)cc(C(C)(C)C)c3O)C3CCCCC32)c(O)c(C(C)(C)C)c1.[O-]C(F)(F)C(F)(C(F)(F)F)C(F)(F)F. The van der Waals surface area contributed by atoms with E-state index in [9.17, 15) is 54.8 Å². The predicted octanol–water partition coefficient (Wildman–Crippen LogP) is 7.28. The fraction of sp³-hybridized carbons (Fsp3) is 0.588. The Labute approximate surface area is 296 Å². The number of methoxy groups -OCH3 is 2. The maximum Gasteiger partial charge on any atom is 0.436 e. The minimum atomic E-state index is -7.08. The summed E-state index contributed by atoms with van der Waals surface area (Å²) in [5.41, 5.74) is -4.24. The van der Waals surface area contributed by atoms with Crippen LogP contribution in [0.25, 0.3) is 0 Å². The summed E-state index contributed by atoms with van der Waals surface area (Å²) < 4.78 is 119. The Morgan fingerprint density at radius 2 is 1.00 bits per heavy atom. The Bertz CT molecular complexity index is 1510. The molecule has 51 heavy (non-hydrogen) atoms. The van der Waals surface area contributed by atoms with Gasteiger partial charge in [0.15, 0.2) is 0 Å². The van der Waals surface area contributed by atoms with Crippen molar-refractivity contribution in [3.63, 3.8) is 0 Å². The molecule has 289 valence electrons. The van der Waals surface area contributed by atoms with Crippen LogP contribution in [0, 0.1) is 0 Å². The Balaban J connectivity index is 0.000000425. The molecule has 2 fully saturated rings. The average Bonchev–Trinajstić information content (AvgIpc) is 3.32. The molecule has 1 aliphatic carbocycles. The Morgan fingerprint density at radius 1 is 0.667 bits per heavy atom. The van der Waals surface area contributed by atoms with Gasteiger partial charge in [-0.3, -0.25) is 0 Å². The molecule has 1 aliphatic heterocycles. The van der Waals surface area contributed by atoms with E-state index in [-0.39, 0.29) is 10.8 Å². The molecule has 4 rings (SSSR count). The van der Waals surface area contributed by atoms with Crippen molar-refractivity contribution in [1.82, 2.24) is 0 Å². The molecule has 0 aromatic heterocycles. The minimum Gasteiger partial charge on any atom is -0.795 e. The number of phenols is 2. The molecular weight excluding hydrogens is 746 g/mol. The number of ether oxygens (including phenoxy) is 2. The molecule has 0 amide bonds. The number of phenolic OH excluding ortho intramolecular Hbond substituents is 2. The molecule has 1 saturated carbocycles. The fourth-order valence-electron chi connectivity index (χ4n) is 5.64. The van der Waals surface area contributed by atoms with Crippen LogP contribution in [0.3, 0.4) is 0 Å². The van der Waals surface area contributed by atoms with E-state index < -0.39 is 24.1 Å². The number of nitrogens with zero attached hydrogens (tertiary/aromatic N) is 2. The molecule has 1 heterocycles. The number of aromatic hydroxyl groups is 2. The van der Waals surface area contributed by atoms with Crippen molar-refractivity contribution < 1.29 is 86.7 Å². The molecule has 2 aromatic rings. The smallest absolute Gasteiger partial charge is 0.436 e. The van der Waals surface area contributed by atoms with E-state index in [2.05, 4.69) is 61.2 Å². The minimum absolute atomic E-state index is 0.217. The molecule has 17 heteroatoms. The first-order valence-corrected chi connectivity index (χ1v) is 16.6. The molecule has 2 aliphatic rings. The number of halogens is 9. The van der Waals surface area contributed by atoms with Gasteiger partial charge < -0.3 is 5.11 Å². The van der Waals surface area contributed by atoms with Crippen molar-refractivity contribution in [3.05, 3.63) is 46.5 Å². The van der Waals surface area contributed by atoms with Crippen LogP contribution in [0.15, 0.2) is 24.3 Å². The molecule has 2 atom stereocenters. The van der Waals surface area contributed by atoms with Crippen LogP contribution in [-0.4, -0.2) is 80.3 Å². The molecule has 2 unspecified atom stereocenters. The van der Waals surface area contributed by atoms with Crippen LogP contribution >= 0.6 is 0 Å². The summed E-state index contributed by atoms with van der Waals surface area (Å²) in [5.74, 6) is 2.09. The molecule has 2 aromatic carbocycles. The van der Waals surface area contributed by atoms with E-state index in [1.807, 2.05) is 24.3 Å². The first-order chi connectivity index (χ1) is 23.1. The summed E-state index contributed by atoms with van der Waals surface area (Å²) in [5, 5.41) is 31.7. The van der Waals surface area contributed by atoms with Crippen LogP contribution in [0.5, 0.6) is 23.0 Å². The van der Waals surface area contributed by atoms with Crippen LogP contribution < -0.4 is 14.6 Å². The molecular formula is C34H42CoF9N2O5+. The van der Waals surface area contributed by atoms with Gasteiger partial charge in [-0.1, -0.05) is 0 Å². The zero-order valence-electron chi connectivity index (χ0n) is 29.2. The van der Waals surface area contributed by atoms with Crippen molar-refractivity contribution in [2.75, 3.05) is 14.2 Å². The second kappa shape index (κ2) is 14.7. The van der Waals surface area contributed by atoms with E-state index >= 15 is 0 Å². The van der Waals surface area contributed by atoms with Crippen molar-refractivity contribution in [1.29, 1.82) is 0 Å². The van der Waals surface area contributed by atoms with Gasteiger partial charge in [0.2, 0.25) is 6.11 Å². The molecule has 0 bridgehead atoms. The van der Waals surface area contributed by atoms with Gasteiger partial charge in [-0.25, -0.2) is 13.2 Å². The normalized spacial score (nSPS) is 20.7. The first-order valence-electron chi connectivity index (χ1n) is 15.7. The molecule has 1 saturated heterocycles. The van der Waals surface area contributed by atoms with E-state index in [0.717, 1.165) is 61.7 Å². The predicted molar refractivity (Wildman–Crippen MR) is 165 cm³/mol. The van der Waals surface area contributed by atoms with Gasteiger partial charge >= 0.3 is 246 Å². The van der Waals surface area contributed by atoms with Crippen molar-refractivity contribution in [3.8, 4) is 23.0 Å². The van der Waals surface area contributed by atoms with Crippen LogP contribution in [0.2, 0.25) is 0 Å². The van der Waals surface area contributed by atoms with Gasteiger partial charge in [0.1, 0.15) is 0 Å². The van der Waals surface area contributed by atoms with Crippen LogP contribution in [-0.2, 0) is 26.0 Å². The largest absolute Gasteiger partial charge is 0.795 e. The molecule has 2 N–H and O–H groups in total. The molecule has 0 radical (unpaired) electrons. The molecule has 0 spiro atoms. The van der Waals surface area contributed by atoms with E-state index in [0.29, 0.717) is 23.6 Å². The van der Waals surface area contributed by atoms with Crippen molar-refractivity contribution in [2.24, 2.45) is 0 Å². The quantitative estimate of drug-likeness (QED) is 0.311. The molecule has 7 nitrogen and oxygen atoms in total. The van der Waals surface area contributed by atoms with Gasteiger partial charge in [0, 0.05) is 0 Å². The number of fused-ring (bicyclic) bond motifs is 1. The topological polar surface area (TPSA) is 88.0 Å². The summed E-state index contributed by atoms with van der Waals surface area (Å²) in [7, 11) is 3.33. The summed E-state index contributed by atoms with van der Waals surface area (Å²) in [4.78, 5) is 0. The van der Waals surface area contributed by atoms with Gasteiger partial charge in [-0.2, -0.15) is 26.3 Å². The number of hydrogen-bond donors (Lipinski definition) is 2. The number of alkyl halides is 9. The Hall–Kier alpha value is -3.18. The summed E-state index contributed by atoms with van der Waals surface area (Å²) in [6.45, 7) is 12.6. The third-order valence-corrected chi connectivity index (χ3v) is 9.90. The summed E-state index contributed by atoms with van der Waals surface area (Å²) in [6.07, 6.45) is -12.2. The Morgan fingerprint density at radius 3 is 1.24 bits per heavy atom. The van der Waals surface area contributed by atoms with E-state index in [1.54, 1.807) is 14.2 Å². The second-order valence-corrected chi connectivity index (χ2v) is 15.6. The summed E-state index contributed by atoms with van der Waals surface area (Å²) in [6, 6.07) is 8.32. The monoisotopic (exact) mass is 788 g/mol.